The molecule has 4 rings (SSSR count). The zero-order chi connectivity index (χ0) is 18.1. The Morgan fingerprint density at radius 2 is 2.23 bits per heavy atom. The van der Waals surface area contributed by atoms with E-state index in [-0.39, 0.29) is 17.6 Å². The van der Waals surface area contributed by atoms with E-state index in [4.69, 9.17) is 13.8 Å². The fraction of sp³-hybridized carbons (Fsp3) is 0.412. The van der Waals surface area contributed by atoms with E-state index in [0.29, 0.717) is 31.4 Å². The number of nitrogens with zero attached hydrogens (tertiary/aromatic N) is 4. The molecule has 3 aromatic heterocycles. The highest BCUT2D eigenvalue weighted by Gasteiger charge is 2.31. The zero-order valence-corrected chi connectivity index (χ0v) is 15.2. The fourth-order valence-corrected chi connectivity index (χ4v) is 3.32. The third-order valence-corrected chi connectivity index (χ3v) is 5.01. The van der Waals surface area contributed by atoms with Gasteiger partial charge in [-0.25, -0.2) is 0 Å². The molecule has 0 radical (unpaired) electrons. The number of carbonyl (C=O) groups excluding carboxylic acids is 1. The summed E-state index contributed by atoms with van der Waals surface area (Å²) in [7, 11) is 0. The van der Waals surface area contributed by atoms with Crippen molar-refractivity contribution in [3.8, 4) is 10.7 Å². The van der Waals surface area contributed by atoms with Crippen LogP contribution in [0.1, 0.15) is 48.0 Å². The van der Waals surface area contributed by atoms with Crippen LogP contribution >= 0.6 is 11.3 Å². The number of morpholine rings is 1. The number of thiophene rings is 1. The topological polar surface area (TPSA) is 94.5 Å². The van der Waals surface area contributed by atoms with E-state index >= 15 is 0 Å². The number of carbonyl (C=O) groups is 1. The maximum Gasteiger partial charge on any atom is 0.292 e. The number of ether oxygens (including phenoxy) is 1. The van der Waals surface area contributed by atoms with Gasteiger partial charge in [0.15, 0.2) is 6.10 Å². The molecular weight excluding hydrogens is 356 g/mol. The SMILES string of the molecule is CC(C)c1cc(C(=O)N2CCO[C@@H](c3nc(-c4cccs4)no3)C2)on1. The maximum absolute atomic E-state index is 12.7. The first kappa shape index (κ1) is 16.9. The van der Waals surface area contributed by atoms with Crippen LogP contribution in [0.5, 0.6) is 0 Å². The first-order valence-corrected chi connectivity index (χ1v) is 9.24. The first-order valence-electron chi connectivity index (χ1n) is 8.37. The largest absolute Gasteiger partial charge is 0.365 e. The molecule has 0 saturated carbocycles. The molecule has 1 saturated heterocycles. The summed E-state index contributed by atoms with van der Waals surface area (Å²) in [6.07, 6.45) is -0.457. The molecule has 9 heteroatoms. The molecule has 1 amide bonds. The average molecular weight is 374 g/mol. The van der Waals surface area contributed by atoms with Crippen molar-refractivity contribution in [2.24, 2.45) is 0 Å². The Morgan fingerprint density at radius 1 is 1.35 bits per heavy atom. The molecule has 26 heavy (non-hydrogen) atoms. The molecule has 1 aliphatic rings. The minimum absolute atomic E-state index is 0.201. The van der Waals surface area contributed by atoms with Gasteiger partial charge in [0.25, 0.3) is 11.8 Å². The number of hydrogen-bond donors (Lipinski definition) is 0. The molecule has 0 N–H and O–H groups in total. The minimum atomic E-state index is -0.457. The van der Waals surface area contributed by atoms with E-state index in [2.05, 4.69) is 15.3 Å². The highest BCUT2D eigenvalue weighted by Crippen LogP contribution is 2.27. The van der Waals surface area contributed by atoms with Gasteiger partial charge in [0, 0.05) is 12.6 Å². The van der Waals surface area contributed by atoms with E-state index < -0.39 is 6.10 Å². The zero-order valence-electron chi connectivity index (χ0n) is 14.4. The number of rotatable bonds is 4. The lowest BCUT2D eigenvalue weighted by Crippen LogP contribution is -2.42. The van der Waals surface area contributed by atoms with E-state index in [1.807, 2.05) is 31.4 Å². The third kappa shape index (κ3) is 3.27. The van der Waals surface area contributed by atoms with Gasteiger partial charge in [-0.1, -0.05) is 30.2 Å². The summed E-state index contributed by atoms with van der Waals surface area (Å²) >= 11 is 1.53. The number of aromatic nitrogens is 3. The minimum Gasteiger partial charge on any atom is -0.365 e. The van der Waals surface area contributed by atoms with Crippen molar-refractivity contribution in [1.29, 1.82) is 0 Å². The standard InChI is InChI=1S/C17H18N4O4S/c1-10(2)11-8-12(24-19-11)17(22)21-5-6-23-13(9-21)16-18-15(20-25-16)14-4-3-7-26-14/h3-4,7-8,10,13H,5-6,9H2,1-2H3/t13-/m1/s1. The van der Waals surface area contributed by atoms with Crippen LogP contribution in [-0.2, 0) is 4.74 Å². The molecule has 3 aromatic rings. The van der Waals surface area contributed by atoms with Crippen molar-refractivity contribution in [2.45, 2.75) is 25.9 Å². The van der Waals surface area contributed by atoms with Gasteiger partial charge in [0.2, 0.25) is 11.6 Å². The van der Waals surface area contributed by atoms with Crippen molar-refractivity contribution in [3.05, 3.63) is 40.9 Å². The Bertz CT molecular complexity index is 886. The fourth-order valence-electron chi connectivity index (χ4n) is 2.67. The molecule has 0 unspecified atom stereocenters. The second kappa shape index (κ2) is 7.00. The van der Waals surface area contributed by atoms with Crippen LogP contribution in [0.2, 0.25) is 0 Å². The molecule has 0 bridgehead atoms. The lowest BCUT2D eigenvalue weighted by Gasteiger charge is -2.30. The van der Waals surface area contributed by atoms with Crippen LogP contribution in [0.15, 0.2) is 32.6 Å². The molecule has 1 aliphatic heterocycles. The van der Waals surface area contributed by atoms with Gasteiger partial charge in [-0.2, -0.15) is 4.98 Å². The predicted molar refractivity (Wildman–Crippen MR) is 92.8 cm³/mol. The van der Waals surface area contributed by atoms with Crippen LogP contribution in [0.3, 0.4) is 0 Å². The summed E-state index contributed by atoms with van der Waals surface area (Å²) in [5, 5.41) is 9.89. The highest BCUT2D eigenvalue weighted by molar-refractivity contribution is 7.13. The van der Waals surface area contributed by atoms with Gasteiger partial charge < -0.3 is 18.7 Å². The van der Waals surface area contributed by atoms with E-state index in [1.165, 1.54) is 11.3 Å². The third-order valence-electron chi connectivity index (χ3n) is 4.14. The molecule has 0 aromatic carbocycles. The normalized spacial score (nSPS) is 17.8. The summed E-state index contributed by atoms with van der Waals surface area (Å²) in [4.78, 5) is 19.7. The van der Waals surface area contributed by atoms with Crippen LogP contribution in [0, 0.1) is 0 Å². The van der Waals surface area contributed by atoms with E-state index in [1.54, 1.807) is 11.0 Å². The Balaban J connectivity index is 1.48. The molecule has 1 fully saturated rings. The number of amides is 1. The van der Waals surface area contributed by atoms with Crippen molar-refractivity contribution in [2.75, 3.05) is 19.7 Å². The van der Waals surface area contributed by atoms with Crippen molar-refractivity contribution in [1.82, 2.24) is 20.2 Å². The van der Waals surface area contributed by atoms with Gasteiger partial charge >= 0.3 is 0 Å². The Hall–Kier alpha value is -2.52. The van der Waals surface area contributed by atoms with Gasteiger partial charge in [-0.15, -0.1) is 11.3 Å². The summed E-state index contributed by atoms with van der Waals surface area (Å²) in [5.74, 6) is 1.12. The van der Waals surface area contributed by atoms with Crippen LogP contribution < -0.4 is 0 Å². The first-order chi connectivity index (χ1) is 12.6. The molecule has 8 nitrogen and oxygen atoms in total. The summed E-state index contributed by atoms with van der Waals surface area (Å²) in [5.41, 5.74) is 0.760. The number of hydrogen-bond acceptors (Lipinski definition) is 8. The van der Waals surface area contributed by atoms with Gasteiger partial charge in [0.05, 0.1) is 23.7 Å². The van der Waals surface area contributed by atoms with Crippen molar-refractivity contribution >= 4 is 17.2 Å². The molecule has 136 valence electrons. The molecule has 4 heterocycles. The quantitative estimate of drug-likeness (QED) is 0.692. The van der Waals surface area contributed by atoms with Crippen molar-refractivity contribution in [3.63, 3.8) is 0 Å². The Morgan fingerprint density at radius 3 is 2.96 bits per heavy atom. The van der Waals surface area contributed by atoms with Crippen molar-refractivity contribution < 1.29 is 18.6 Å². The van der Waals surface area contributed by atoms with Gasteiger partial charge in [-0.05, 0) is 17.4 Å². The lowest BCUT2D eigenvalue weighted by molar-refractivity contribution is -0.0376. The summed E-state index contributed by atoms with van der Waals surface area (Å²) in [6.45, 7) is 5.18. The van der Waals surface area contributed by atoms with Crippen LogP contribution in [0.4, 0.5) is 0 Å². The Labute approximate surface area is 153 Å². The molecule has 0 aliphatic carbocycles. The Kier molecular flexibility index (Phi) is 4.56. The maximum atomic E-state index is 12.7. The molecule has 1 atom stereocenters. The second-order valence-electron chi connectivity index (χ2n) is 6.31. The lowest BCUT2D eigenvalue weighted by atomic mass is 10.1. The summed E-state index contributed by atoms with van der Waals surface area (Å²) in [6, 6.07) is 5.54. The predicted octanol–water partition coefficient (Wildman–Crippen LogP) is 3.12. The average Bonchev–Trinajstić information content (AvgIpc) is 3.42. The van der Waals surface area contributed by atoms with Gasteiger partial charge in [-0.3, -0.25) is 4.79 Å². The van der Waals surface area contributed by atoms with Crippen LogP contribution in [-0.4, -0.2) is 45.8 Å². The van der Waals surface area contributed by atoms with E-state index in [9.17, 15) is 4.79 Å². The highest BCUT2D eigenvalue weighted by atomic mass is 32.1. The smallest absolute Gasteiger partial charge is 0.292 e. The van der Waals surface area contributed by atoms with Crippen LogP contribution in [0.25, 0.3) is 10.7 Å². The van der Waals surface area contributed by atoms with Gasteiger partial charge in [0.1, 0.15) is 0 Å². The second-order valence-corrected chi connectivity index (χ2v) is 7.26. The molecule has 0 spiro atoms. The monoisotopic (exact) mass is 374 g/mol. The van der Waals surface area contributed by atoms with E-state index in [0.717, 1.165) is 10.6 Å². The molecular formula is C17H18N4O4S. The summed E-state index contributed by atoms with van der Waals surface area (Å²) < 4.78 is 16.3.